The van der Waals surface area contributed by atoms with E-state index in [0.717, 1.165) is 5.75 Å². The molecule has 3 atom stereocenters. The summed E-state index contributed by atoms with van der Waals surface area (Å²) < 4.78 is 0. The van der Waals surface area contributed by atoms with Crippen LogP contribution in [0, 0.1) is 0 Å². The fourth-order valence-electron chi connectivity index (χ4n) is 2.77. The van der Waals surface area contributed by atoms with Crippen LogP contribution in [0.5, 0.6) is 0 Å². The molecule has 3 N–H and O–H groups in total. The van der Waals surface area contributed by atoms with Gasteiger partial charge in [-0.25, -0.2) is 0 Å². The average Bonchev–Trinajstić information content (AvgIpc) is 2.75. The van der Waals surface area contributed by atoms with Crippen LogP contribution in [0.4, 0.5) is 0 Å². The molecule has 0 aromatic heterocycles. The highest BCUT2D eigenvalue weighted by Crippen LogP contribution is 2.17. The Morgan fingerprint density at radius 1 is 0.955 bits per heavy atom. The number of thioether (sulfide) groups is 1. The standard InChI is InChI=1S/C17H33NO3S/c1-2-3-4-5-6-7-8-9-10-11-12-22-13-14-15(19)16(20)17(21)18-14/h14-16,19-20H,2-13H2,1H3,(H,18,21)/t14-,15?,16?/m1/s1. The Balaban J connectivity index is 1.83. The first-order valence-electron chi connectivity index (χ1n) is 8.91. The van der Waals surface area contributed by atoms with Crippen LogP contribution in [0.2, 0.25) is 0 Å². The summed E-state index contributed by atoms with van der Waals surface area (Å²) in [6.07, 6.45) is 11.2. The minimum atomic E-state index is -1.25. The van der Waals surface area contributed by atoms with Gasteiger partial charge in [0.1, 0.15) is 6.10 Å². The van der Waals surface area contributed by atoms with Gasteiger partial charge < -0.3 is 15.5 Å². The number of nitrogens with one attached hydrogen (secondary N) is 1. The first-order valence-corrected chi connectivity index (χ1v) is 10.1. The van der Waals surface area contributed by atoms with Gasteiger partial charge in [-0.15, -0.1) is 0 Å². The molecule has 1 fully saturated rings. The van der Waals surface area contributed by atoms with Crippen LogP contribution in [-0.2, 0) is 4.79 Å². The van der Waals surface area contributed by atoms with Gasteiger partial charge in [-0.05, 0) is 12.2 Å². The molecule has 5 heteroatoms. The zero-order chi connectivity index (χ0) is 16.2. The summed E-state index contributed by atoms with van der Waals surface area (Å²) in [5.41, 5.74) is 0. The van der Waals surface area contributed by atoms with E-state index in [1.165, 1.54) is 64.2 Å². The molecule has 4 nitrogen and oxygen atoms in total. The van der Waals surface area contributed by atoms with E-state index in [-0.39, 0.29) is 6.04 Å². The van der Waals surface area contributed by atoms with Crippen molar-refractivity contribution in [2.24, 2.45) is 0 Å². The van der Waals surface area contributed by atoms with Gasteiger partial charge in [-0.2, -0.15) is 11.8 Å². The third-order valence-electron chi connectivity index (χ3n) is 4.27. The Hall–Kier alpha value is -0.260. The van der Waals surface area contributed by atoms with E-state index < -0.39 is 18.1 Å². The van der Waals surface area contributed by atoms with Crippen molar-refractivity contribution in [3.8, 4) is 0 Å². The SMILES string of the molecule is CCCCCCCCCCCCSC[C@H]1NC(=O)C(O)C1O. The third-order valence-corrected chi connectivity index (χ3v) is 5.44. The molecule has 1 rings (SSSR count). The molecule has 0 saturated carbocycles. The van der Waals surface area contributed by atoms with Crippen molar-refractivity contribution in [2.45, 2.75) is 89.4 Å². The number of aliphatic hydroxyl groups excluding tert-OH is 2. The second-order valence-electron chi connectivity index (χ2n) is 6.31. The van der Waals surface area contributed by atoms with Crippen molar-refractivity contribution < 1.29 is 15.0 Å². The third kappa shape index (κ3) is 7.84. The molecule has 2 unspecified atom stereocenters. The first-order chi connectivity index (χ1) is 10.7. The van der Waals surface area contributed by atoms with Gasteiger partial charge >= 0.3 is 0 Å². The number of amides is 1. The molecule has 1 aliphatic heterocycles. The number of rotatable bonds is 13. The minimum absolute atomic E-state index is 0.296. The number of hydrogen-bond acceptors (Lipinski definition) is 4. The van der Waals surface area contributed by atoms with E-state index in [1.807, 2.05) is 0 Å². The lowest BCUT2D eigenvalue weighted by atomic mass is 10.1. The van der Waals surface area contributed by atoms with Gasteiger partial charge in [0, 0.05) is 5.75 Å². The molecular weight excluding hydrogens is 298 g/mol. The van der Waals surface area contributed by atoms with Crippen molar-refractivity contribution in [3.63, 3.8) is 0 Å². The Morgan fingerprint density at radius 3 is 2.00 bits per heavy atom. The van der Waals surface area contributed by atoms with E-state index in [4.69, 9.17) is 0 Å². The summed E-state index contributed by atoms with van der Waals surface area (Å²) in [4.78, 5) is 11.2. The second-order valence-corrected chi connectivity index (χ2v) is 7.46. The lowest BCUT2D eigenvalue weighted by Crippen LogP contribution is -2.35. The minimum Gasteiger partial charge on any atom is -0.388 e. The van der Waals surface area contributed by atoms with Crippen molar-refractivity contribution in [2.75, 3.05) is 11.5 Å². The lowest BCUT2D eigenvalue weighted by molar-refractivity contribution is -0.128. The predicted octanol–water partition coefficient (Wildman–Crippen LogP) is 2.86. The highest BCUT2D eigenvalue weighted by atomic mass is 32.2. The maximum Gasteiger partial charge on any atom is 0.251 e. The Bertz CT molecular complexity index is 302. The summed E-state index contributed by atoms with van der Waals surface area (Å²) in [5.74, 6) is 1.30. The highest BCUT2D eigenvalue weighted by Gasteiger charge is 2.39. The van der Waals surface area contributed by atoms with Crippen LogP contribution in [0.15, 0.2) is 0 Å². The number of unbranched alkanes of at least 4 members (excludes halogenated alkanes) is 9. The van der Waals surface area contributed by atoms with Crippen molar-refractivity contribution >= 4 is 17.7 Å². The molecule has 0 bridgehead atoms. The average molecular weight is 332 g/mol. The summed E-state index contributed by atoms with van der Waals surface area (Å²) in [7, 11) is 0. The molecule has 0 aromatic carbocycles. The number of hydrogen-bond donors (Lipinski definition) is 3. The highest BCUT2D eigenvalue weighted by molar-refractivity contribution is 7.99. The molecule has 1 heterocycles. The quantitative estimate of drug-likeness (QED) is 0.454. The van der Waals surface area contributed by atoms with Crippen LogP contribution in [0.3, 0.4) is 0 Å². The molecule has 1 amide bonds. The summed E-state index contributed by atoms with van der Waals surface area (Å²) in [6, 6.07) is -0.296. The van der Waals surface area contributed by atoms with Gasteiger partial charge in [-0.3, -0.25) is 4.79 Å². The van der Waals surface area contributed by atoms with Crippen LogP contribution in [-0.4, -0.2) is 45.9 Å². The largest absolute Gasteiger partial charge is 0.388 e. The number of aliphatic hydroxyl groups is 2. The first kappa shape index (κ1) is 19.8. The summed E-state index contributed by atoms with van der Waals surface area (Å²) >= 11 is 1.75. The maximum atomic E-state index is 11.2. The fraction of sp³-hybridized carbons (Fsp3) is 0.941. The summed E-state index contributed by atoms with van der Waals surface area (Å²) in [5, 5.41) is 21.6. The van der Waals surface area contributed by atoms with E-state index >= 15 is 0 Å². The van der Waals surface area contributed by atoms with Gasteiger partial charge in [0.05, 0.1) is 6.04 Å². The van der Waals surface area contributed by atoms with Gasteiger partial charge in [-0.1, -0.05) is 64.7 Å². The van der Waals surface area contributed by atoms with Crippen molar-refractivity contribution in [1.29, 1.82) is 0 Å². The topological polar surface area (TPSA) is 69.6 Å². The van der Waals surface area contributed by atoms with E-state index in [2.05, 4.69) is 12.2 Å². The number of carbonyl (C=O) groups is 1. The summed E-state index contributed by atoms with van der Waals surface area (Å²) in [6.45, 7) is 2.25. The van der Waals surface area contributed by atoms with Crippen LogP contribution in [0.1, 0.15) is 71.1 Å². The predicted molar refractivity (Wildman–Crippen MR) is 93.1 cm³/mol. The monoisotopic (exact) mass is 331 g/mol. The van der Waals surface area contributed by atoms with Crippen LogP contribution >= 0.6 is 11.8 Å². The Kier molecular flexibility index (Phi) is 11.0. The molecule has 22 heavy (non-hydrogen) atoms. The molecule has 130 valence electrons. The maximum absolute atomic E-state index is 11.2. The van der Waals surface area contributed by atoms with Gasteiger partial charge in [0.15, 0.2) is 6.10 Å². The fourth-order valence-corrected chi connectivity index (χ4v) is 3.88. The van der Waals surface area contributed by atoms with E-state index in [0.29, 0.717) is 5.75 Å². The number of carbonyl (C=O) groups excluding carboxylic acids is 1. The van der Waals surface area contributed by atoms with E-state index in [1.54, 1.807) is 11.8 Å². The molecule has 1 saturated heterocycles. The molecule has 0 aliphatic carbocycles. The molecule has 0 spiro atoms. The van der Waals surface area contributed by atoms with Crippen LogP contribution in [0.25, 0.3) is 0 Å². The van der Waals surface area contributed by atoms with Crippen molar-refractivity contribution in [3.05, 3.63) is 0 Å². The van der Waals surface area contributed by atoms with Crippen molar-refractivity contribution in [1.82, 2.24) is 5.32 Å². The van der Waals surface area contributed by atoms with Gasteiger partial charge in [0.25, 0.3) is 5.91 Å². The molecule has 0 radical (unpaired) electrons. The Morgan fingerprint density at radius 2 is 1.50 bits per heavy atom. The normalized spacial score (nSPS) is 24.7. The zero-order valence-corrected chi connectivity index (χ0v) is 14.7. The van der Waals surface area contributed by atoms with E-state index in [9.17, 15) is 15.0 Å². The Labute approximate surface area is 139 Å². The molecule has 0 aromatic rings. The molecular formula is C17H33NO3S. The smallest absolute Gasteiger partial charge is 0.251 e. The van der Waals surface area contributed by atoms with Gasteiger partial charge in [0.2, 0.25) is 0 Å². The van der Waals surface area contributed by atoms with Crippen LogP contribution < -0.4 is 5.32 Å². The molecule has 1 aliphatic rings. The lowest BCUT2D eigenvalue weighted by Gasteiger charge is -2.14. The zero-order valence-electron chi connectivity index (χ0n) is 13.9. The second kappa shape index (κ2) is 12.2.